The van der Waals surface area contributed by atoms with Gasteiger partial charge < -0.3 is 31.2 Å². The molecule has 0 aliphatic carbocycles. The maximum atomic E-state index is 15.2. The molecule has 316 valence electrons. The van der Waals surface area contributed by atoms with Crippen LogP contribution in [0.1, 0.15) is 52.0 Å². The molecule has 6 N–H and O–H groups in total. The summed E-state index contributed by atoms with van der Waals surface area (Å²) in [6.07, 6.45) is 5.72. The van der Waals surface area contributed by atoms with Gasteiger partial charge in [0, 0.05) is 56.7 Å². The van der Waals surface area contributed by atoms with Gasteiger partial charge in [0.05, 0.1) is 39.8 Å². The highest BCUT2D eigenvalue weighted by atomic mass is 32.2. The first-order chi connectivity index (χ1) is 29.4. The van der Waals surface area contributed by atoms with Crippen molar-refractivity contribution in [2.45, 2.75) is 38.1 Å². The lowest BCUT2D eigenvalue weighted by Gasteiger charge is -2.41. The number of imide groups is 2. The average Bonchev–Trinajstić information content (AvgIpc) is 3.93. The smallest absolute Gasteiger partial charge is 0.262 e. The fraction of sp³-hybridized carbons (Fsp3) is 0.333. The maximum absolute atomic E-state index is 15.2. The number of para-hydroxylation sites is 1. The van der Waals surface area contributed by atoms with Crippen molar-refractivity contribution < 1.29 is 32.0 Å². The van der Waals surface area contributed by atoms with E-state index in [1.807, 2.05) is 30.3 Å². The highest BCUT2D eigenvalue weighted by Gasteiger charge is 2.45. The summed E-state index contributed by atoms with van der Waals surface area (Å²) in [5, 5.41) is 15.9. The highest BCUT2D eigenvalue weighted by molar-refractivity contribution is 7.92. The predicted molar refractivity (Wildman–Crippen MR) is 229 cm³/mol. The molecule has 5 aromatic rings. The number of nitrogens with one attached hydrogen (secondary N) is 6. The second-order valence-electron chi connectivity index (χ2n) is 15.7. The molecule has 4 amide bonds. The van der Waals surface area contributed by atoms with Crippen LogP contribution in [0.3, 0.4) is 0 Å². The molecule has 9 rings (SSSR count). The molecule has 1 atom stereocenters. The van der Waals surface area contributed by atoms with Crippen LogP contribution >= 0.6 is 0 Å². The number of hydrogen-bond acceptors (Lipinski definition) is 13. The van der Waals surface area contributed by atoms with Crippen molar-refractivity contribution >= 4 is 84.9 Å². The number of anilines is 7. The minimum atomic E-state index is -3.48. The van der Waals surface area contributed by atoms with Gasteiger partial charge in [-0.25, -0.2) is 12.8 Å². The number of aromatic nitrogens is 3. The van der Waals surface area contributed by atoms with Gasteiger partial charge in [0.15, 0.2) is 0 Å². The van der Waals surface area contributed by atoms with E-state index < -0.39 is 45.5 Å². The molecule has 0 radical (unpaired) electrons. The highest BCUT2D eigenvalue weighted by Crippen LogP contribution is 2.40. The summed E-state index contributed by atoms with van der Waals surface area (Å²) in [7, 11) is -3.48. The zero-order chi connectivity index (χ0) is 42.4. The number of carbonyl (C=O) groups is 4. The Labute approximate surface area is 350 Å². The lowest BCUT2D eigenvalue weighted by Crippen LogP contribution is -2.54. The predicted octanol–water partition coefficient (Wildman–Crippen LogP) is 4.23. The Balaban J connectivity index is 0.717. The van der Waals surface area contributed by atoms with Gasteiger partial charge in [0.2, 0.25) is 27.8 Å². The molecule has 4 aliphatic heterocycles. The van der Waals surface area contributed by atoms with E-state index in [4.69, 9.17) is 0 Å². The number of carbonyl (C=O) groups excluding carboxylic acids is 4. The molecule has 2 aromatic heterocycles. The maximum Gasteiger partial charge on any atom is 0.262 e. The Morgan fingerprint density at radius 2 is 1.72 bits per heavy atom. The summed E-state index contributed by atoms with van der Waals surface area (Å²) in [6.45, 7) is 3.99. The lowest BCUT2D eigenvalue weighted by molar-refractivity contribution is -0.136. The molecule has 17 nitrogen and oxygen atoms in total. The number of halogens is 1. The van der Waals surface area contributed by atoms with Crippen molar-refractivity contribution in [2.75, 3.05) is 70.7 Å². The summed E-state index contributed by atoms with van der Waals surface area (Å²) in [4.78, 5) is 65.6. The van der Waals surface area contributed by atoms with E-state index in [9.17, 15) is 27.6 Å². The number of sulfonamides is 1. The minimum Gasteiger partial charge on any atom is -0.381 e. The summed E-state index contributed by atoms with van der Waals surface area (Å²) in [5.41, 5.74) is 4.89. The van der Waals surface area contributed by atoms with Crippen LogP contribution in [0, 0.1) is 11.7 Å². The van der Waals surface area contributed by atoms with Crippen molar-refractivity contribution in [1.82, 2.24) is 30.5 Å². The SMILES string of the molecule is CS(=O)(=O)N1CCc2cccc(Nc3nc(Nc4ccc(NCCNCCCC5CN(c6ccc7c(c6)C(=O)N(C6CCC(=O)NC6=O)C7=O)C5)c(F)c4)nc4[nH]ccc34)c21. The Bertz CT molecular complexity index is 2700. The van der Waals surface area contributed by atoms with E-state index in [0.717, 1.165) is 48.6 Å². The summed E-state index contributed by atoms with van der Waals surface area (Å²) in [6, 6.07) is 16.4. The number of benzene rings is 3. The molecule has 3 aromatic carbocycles. The van der Waals surface area contributed by atoms with E-state index >= 15 is 4.39 Å². The molecule has 4 aliphatic rings. The number of H-pyrrole nitrogens is 1. The number of fused-ring (bicyclic) bond motifs is 3. The largest absolute Gasteiger partial charge is 0.381 e. The second-order valence-corrected chi connectivity index (χ2v) is 17.7. The van der Waals surface area contributed by atoms with E-state index in [2.05, 4.69) is 46.4 Å². The van der Waals surface area contributed by atoms with Crippen LogP contribution < -0.4 is 35.8 Å². The third-order valence-corrected chi connectivity index (χ3v) is 12.7. The molecular weight excluding hydrogens is 806 g/mol. The molecule has 2 fully saturated rings. The average molecular weight is 850 g/mol. The fourth-order valence-electron chi connectivity index (χ4n) is 8.48. The third-order valence-electron chi connectivity index (χ3n) is 11.6. The van der Waals surface area contributed by atoms with E-state index in [1.165, 1.54) is 16.6 Å². The molecule has 19 heteroatoms. The zero-order valence-corrected chi connectivity index (χ0v) is 34.1. The Kier molecular flexibility index (Phi) is 10.5. The van der Waals surface area contributed by atoms with Gasteiger partial charge in [-0.1, -0.05) is 12.1 Å². The van der Waals surface area contributed by atoms with Crippen LogP contribution in [-0.4, -0.2) is 103 Å². The second kappa shape index (κ2) is 16.1. The van der Waals surface area contributed by atoms with Crippen LogP contribution in [-0.2, 0) is 26.0 Å². The van der Waals surface area contributed by atoms with Gasteiger partial charge in [-0.15, -0.1) is 0 Å². The van der Waals surface area contributed by atoms with Gasteiger partial charge >= 0.3 is 0 Å². The first-order valence-corrected chi connectivity index (χ1v) is 22.1. The quantitative estimate of drug-likeness (QED) is 0.0644. The monoisotopic (exact) mass is 849 g/mol. The minimum absolute atomic E-state index is 0.0770. The van der Waals surface area contributed by atoms with Crippen LogP contribution in [0.4, 0.5) is 44.6 Å². The summed E-state index contributed by atoms with van der Waals surface area (Å²) >= 11 is 0. The van der Waals surface area contributed by atoms with Crippen molar-refractivity contribution in [3.8, 4) is 0 Å². The lowest BCUT2D eigenvalue weighted by atomic mass is 9.93. The topological polar surface area (TPSA) is 214 Å². The molecule has 61 heavy (non-hydrogen) atoms. The van der Waals surface area contributed by atoms with Crippen LogP contribution in [0.15, 0.2) is 66.9 Å². The van der Waals surface area contributed by atoms with E-state index in [1.54, 1.807) is 30.5 Å². The van der Waals surface area contributed by atoms with Crippen molar-refractivity contribution in [3.05, 3.63) is 89.4 Å². The van der Waals surface area contributed by atoms with Crippen molar-refractivity contribution in [1.29, 1.82) is 0 Å². The summed E-state index contributed by atoms with van der Waals surface area (Å²) < 4.78 is 41.7. The van der Waals surface area contributed by atoms with Crippen molar-refractivity contribution in [2.24, 2.45) is 5.92 Å². The standard InChI is InChI=1S/C42H44FN11O6S/c1-61(59,60)53-19-14-25-5-2-6-33(36(25)53)48-38-29-13-16-46-37(29)50-42(51-38)47-26-7-10-32(31(43)20-26)45-18-17-44-15-3-4-24-22-52(23-24)27-8-9-28-30(21-27)41(58)54(40(28)57)34-11-12-35(55)49-39(34)56/h2,5-10,13,16,20-21,24,34,44-45H,3-4,11-12,14-15,17-19,22-23H2,1H3,(H,49,55,56)(H3,46,47,48,50,51). The Hall–Kier alpha value is -6.60. The van der Waals surface area contributed by atoms with Crippen LogP contribution in [0.5, 0.6) is 0 Å². The van der Waals surface area contributed by atoms with Crippen LogP contribution in [0.2, 0.25) is 0 Å². The fourth-order valence-corrected chi connectivity index (χ4v) is 9.45. The van der Waals surface area contributed by atoms with Gasteiger partial charge in [0.25, 0.3) is 11.8 Å². The van der Waals surface area contributed by atoms with Crippen LogP contribution in [0.25, 0.3) is 11.0 Å². The first kappa shape index (κ1) is 39.8. The summed E-state index contributed by atoms with van der Waals surface area (Å²) in [5.74, 6) is -1.32. The third kappa shape index (κ3) is 7.93. The number of amides is 4. The molecular formula is C42H44FN11O6S. The Morgan fingerprint density at radius 3 is 2.52 bits per heavy atom. The number of aromatic amines is 1. The van der Waals surface area contributed by atoms with E-state index in [0.29, 0.717) is 71.6 Å². The van der Waals surface area contributed by atoms with Gasteiger partial charge in [-0.2, -0.15) is 9.97 Å². The van der Waals surface area contributed by atoms with Crippen molar-refractivity contribution in [3.63, 3.8) is 0 Å². The number of nitrogens with zero attached hydrogens (tertiary/aromatic N) is 5. The number of rotatable bonds is 15. The Morgan fingerprint density at radius 1 is 0.885 bits per heavy atom. The first-order valence-electron chi connectivity index (χ1n) is 20.2. The molecule has 0 bridgehead atoms. The zero-order valence-electron chi connectivity index (χ0n) is 33.3. The van der Waals surface area contributed by atoms with Gasteiger partial charge in [-0.3, -0.25) is 33.7 Å². The number of hydrogen-bond donors (Lipinski definition) is 6. The number of piperidine rings is 1. The molecule has 2 saturated heterocycles. The molecule has 0 saturated carbocycles. The van der Waals surface area contributed by atoms with Gasteiger partial charge in [-0.05, 0) is 92.2 Å². The molecule has 6 heterocycles. The molecule has 1 unspecified atom stereocenters. The van der Waals surface area contributed by atoms with Gasteiger partial charge in [0.1, 0.15) is 23.3 Å². The van der Waals surface area contributed by atoms with E-state index in [-0.39, 0.29) is 29.9 Å². The molecule has 0 spiro atoms. The normalized spacial score (nSPS) is 17.7.